The van der Waals surface area contributed by atoms with Gasteiger partial charge in [-0.1, -0.05) is 84.9 Å². The summed E-state index contributed by atoms with van der Waals surface area (Å²) in [7, 11) is 0. The zero-order chi connectivity index (χ0) is 24.1. The molecular weight excluding hydrogens is 400 g/mol. The maximum Gasteiger partial charge on any atom is 0.310 e. The molecule has 0 aliphatic heterocycles. The molecule has 0 radical (unpaired) electrons. The molecule has 0 aromatic heterocycles. The lowest BCUT2D eigenvalue weighted by Gasteiger charge is -2.23. The summed E-state index contributed by atoms with van der Waals surface area (Å²) in [6.45, 7) is 10.6. The van der Waals surface area contributed by atoms with Crippen molar-refractivity contribution in [3.05, 3.63) is 34.9 Å². The summed E-state index contributed by atoms with van der Waals surface area (Å²) in [6.07, 6.45) is 10.9. The van der Waals surface area contributed by atoms with Crippen LogP contribution < -0.4 is 0 Å². The van der Waals surface area contributed by atoms with Crippen molar-refractivity contribution in [2.24, 2.45) is 11.8 Å². The van der Waals surface area contributed by atoms with Crippen LogP contribution in [0.15, 0.2) is 18.2 Å². The van der Waals surface area contributed by atoms with Crippen LogP contribution in [0.2, 0.25) is 0 Å². The molecule has 0 bridgehead atoms. The third-order valence-corrected chi connectivity index (χ3v) is 6.38. The molecule has 1 aromatic rings. The quantitative estimate of drug-likeness (QED) is 0.239. The second-order valence-corrected chi connectivity index (χ2v) is 10.2. The summed E-state index contributed by atoms with van der Waals surface area (Å²) in [5.74, 6) is -2.21. The Morgan fingerprint density at radius 1 is 0.719 bits per heavy atom. The lowest BCUT2D eigenvalue weighted by molar-refractivity contribution is -0.140. The van der Waals surface area contributed by atoms with Gasteiger partial charge in [0.2, 0.25) is 0 Å². The second-order valence-electron chi connectivity index (χ2n) is 10.2. The molecule has 2 N–H and O–H groups in total. The van der Waals surface area contributed by atoms with E-state index in [0.717, 1.165) is 36.8 Å². The highest BCUT2D eigenvalue weighted by Crippen LogP contribution is 2.35. The molecule has 0 heterocycles. The smallest absolute Gasteiger partial charge is 0.310 e. The first-order valence-corrected chi connectivity index (χ1v) is 12.8. The number of rotatable bonds is 17. The topological polar surface area (TPSA) is 74.6 Å². The zero-order valence-electron chi connectivity index (χ0n) is 21.0. The Kier molecular flexibility index (Phi) is 13.3. The van der Waals surface area contributed by atoms with E-state index in [4.69, 9.17) is 0 Å². The van der Waals surface area contributed by atoms with Crippen molar-refractivity contribution in [1.82, 2.24) is 0 Å². The highest BCUT2D eigenvalue weighted by molar-refractivity contribution is 5.80. The molecule has 1 rings (SSSR count). The van der Waals surface area contributed by atoms with E-state index in [2.05, 4.69) is 34.6 Å². The Morgan fingerprint density at radius 3 is 1.72 bits per heavy atom. The lowest BCUT2D eigenvalue weighted by atomic mass is 9.80. The zero-order valence-corrected chi connectivity index (χ0v) is 21.0. The predicted molar refractivity (Wildman–Crippen MR) is 132 cm³/mol. The van der Waals surface area contributed by atoms with Gasteiger partial charge in [-0.05, 0) is 67.1 Å². The molecule has 0 amide bonds. The Bertz CT molecular complexity index is 693. The van der Waals surface area contributed by atoms with Crippen LogP contribution in [0.5, 0.6) is 0 Å². The van der Waals surface area contributed by atoms with E-state index in [0.29, 0.717) is 30.2 Å². The molecule has 2 unspecified atom stereocenters. The van der Waals surface area contributed by atoms with E-state index >= 15 is 0 Å². The van der Waals surface area contributed by atoms with Crippen LogP contribution in [0.3, 0.4) is 0 Å². The molecule has 2 atom stereocenters. The highest BCUT2D eigenvalue weighted by Gasteiger charge is 2.29. The minimum Gasteiger partial charge on any atom is -0.481 e. The third-order valence-electron chi connectivity index (χ3n) is 6.38. The number of hydrogen-bond donors (Lipinski definition) is 2. The van der Waals surface area contributed by atoms with Crippen LogP contribution in [0.4, 0.5) is 0 Å². The third kappa shape index (κ3) is 10.2. The fourth-order valence-electron chi connectivity index (χ4n) is 4.33. The number of carbonyl (C=O) groups is 2. The van der Waals surface area contributed by atoms with Crippen molar-refractivity contribution < 1.29 is 19.8 Å². The van der Waals surface area contributed by atoms with Gasteiger partial charge in [0.1, 0.15) is 0 Å². The van der Waals surface area contributed by atoms with Crippen LogP contribution in [-0.2, 0) is 16.0 Å². The average Bonchev–Trinajstić information content (AvgIpc) is 2.71. The van der Waals surface area contributed by atoms with Crippen molar-refractivity contribution in [3.8, 4) is 0 Å². The highest BCUT2D eigenvalue weighted by atomic mass is 16.4. The van der Waals surface area contributed by atoms with Crippen molar-refractivity contribution in [3.63, 3.8) is 0 Å². The van der Waals surface area contributed by atoms with E-state index < -0.39 is 23.8 Å². The first kappa shape index (κ1) is 28.2. The molecule has 182 valence electrons. The van der Waals surface area contributed by atoms with E-state index in [1.54, 1.807) is 0 Å². The van der Waals surface area contributed by atoms with E-state index in [1.165, 1.54) is 32.1 Å². The summed E-state index contributed by atoms with van der Waals surface area (Å²) in [4.78, 5) is 24.4. The van der Waals surface area contributed by atoms with Gasteiger partial charge in [-0.15, -0.1) is 0 Å². The molecular formula is C28H46O4. The van der Waals surface area contributed by atoms with Gasteiger partial charge in [0.25, 0.3) is 0 Å². The first-order chi connectivity index (χ1) is 15.2. The van der Waals surface area contributed by atoms with Crippen LogP contribution in [0.25, 0.3) is 0 Å². The Labute approximate surface area is 195 Å². The van der Waals surface area contributed by atoms with Crippen molar-refractivity contribution in [1.29, 1.82) is 0 Å². The van der Waals surface area contributed by atoms with E-state index in [-0.39, 0.29) is 0 Å². The van der Waals surface area contributed by atoms with Crippen LogP contribution in [0, 0.1) is 11.8 Å². The number of aryl methyl sites for hydroxylation is 1. The Hall–Kier alpha value is -1.84. The van der Waals surface area contributed by atoms with Crippen LogP contribution >= 0.6 is 0 Å². The minimum absolute atomic E-state index is 0.405. The molecule has 32 heavy (non-hydrogen) atoms. The summed E-state index contributed by atoms with van der Waals surface area (Å²) < 4.78 is 0. The number of aliphatic carboxylic acids is 2. The average molecular weight is 447 g/mol. The van der Waals surface area contributed by atoms with Gasteiger partial charge in [-0.2, -0.15) is 0 Å². The van der Waals surface area contributed by atoms with Gasteiger partial charge in [0, 0.05) is 0 Å². The summed E-state index contributed by atoms with van der Waals surface area (Å²) in [5, 5.41) is 20.0. The largest absolute Gasteiger partial charge is 0.481 e. The molecule has 1 aromatic carbocycles. The van der Waals surface area contributed by atoms with Gasteiger partial charge in [-0.25, -0.2) is 0 Å². The lowest BCUT2D eigenvalue weighted by Crippen LogP contribution is -2.20. The number of benzene rings is 1. The molecule has 4 nitrogen and oxygen atoms in total. The maximum atomic E-state index is 12.2. The van der Waals surface area contributed by atoms with Gasteiger partial charge < -0.3 is 10.2 Å². The van der Waals surface area contributed by atoms with Crippen LogP contribution in [0.1, 0.15) is 127 Å². The fraction of sp³-hybridized carbons (Fsp3) is 0.714. The first-order valence-electron chi connectivity index (χ1n) is 12.8. The number of unbranched alkanes of at least 4 members (excludes halogenated alkanes) is 5. The van der Waals surface area contributed by atoms with Gasteiger partial charge in [0.05, 0.1) is 11.8 Å². The fourth-order valence-corrected chi connectivity index (χ4v) is 4.33. The molecule has 4 heteroatoms. The van der Waals surface area contributed by atoms with Crippen LogP contribution in [-0.4, -0.2) is 22.2 Å². The Morgan fingerprint density at radius 2 is 1.22 bits per heavy atom. The van der Waals surface area contributed by atoms with Gasteiger partial charge in [0.15, 0.2) is 0 Å². The molecule has 0 fully saturated rings. The molecule has 0 aliphatic rings. The van der Waals surface area contributed by atoms with Crippen molar-refractivity contribution in [2.45, 2.75) is 117 Å². The summed E-state index contributed by atoms with van der Waals surface area (Å²) >= 11 is 0. The number of carboxylic acid groups (broad SMARTS) is 2. The normalized spacial score (nSPS) is 13.5. The molecule has 0 spiro atoms. The molecule has 0 saturated heterocycles. The van der Waals surface area contributed by atoms with Gasteiger partial charge >= 0.3 is 11.9 Å². The molecule has 0 saturated carbocycles. The van der Waals surface area contributed by atoms with Gasteiger partial charge in [-0.3, -0.25) is 9.59 Å². The van der Waals surface area contributed by atoms with Crippen molar-refractivity contribution >= 4 is 11.9 Å². The standard InChI is InChI=1S/C28H46O4/c1-6-7-8-9-10-11-12-22-15-18-23(24(27(29)30)16-13-20(2)3)26(19-22)25(28(31)32)17-14-21(4)5/h15,18-21,24-25H,6-14,16-17H2,1-5H3,(H,29,30)(H,31,32). The maximum absolute atomic E-state index is 12.2. The SMILES string of the molecule is CCCCCCCCc1ccc(C(CCC(C)C)C(=O)O)c(C(CCC(C)C)C(=O)O)c1. The minimum atomic E-state index is -0.858. The van der Waals surface area contributed by atoms with E-state index in [1.807, 2.05) is 18.2 Å². The second kappa shape index (κ2) is 15.1. The number of carboxylic acids is 2. The molecule has 0 aliphatic carbocycles. The van der Waals surface area contributed by atoms with Crippen molar-refractivity contribution in [2.75, 3.05) is 0 Å². The van der Waals surface area contributed by atoms with E-state index in [9.17, 15) is 19.8 Å². The monoisotopic (exact) mass is 446 g/mol. The Balaban J connectivity index is 3.19. The predicted octanol–water partition coefficient (Wildman–Crippen LogP) is 7.80. The summed E-state index contributed by atoms with van der Waals surface area (Å²) in [5.41, 5.74) is 2.54. The summed E-state index contributed by atoms with van der Waals surface area (Å²) in [6, 6.07) is 5.94. The number of hydrogen-bond acceptors (Lipinski definition) is 2.